The fourth-order valence-corrected chi connectivity index (χ4v) is 2.28. The largest absolute Gasteiger partial charge is 0.447 e. The first-order valence-electron chi connectivity index (χ1n) is 6.43. The number of piperidine rings is 1. The molecule has 0 aromatic rings. The number of ether oxygens (including phenoxy) is 1. The van der Waals surface area contributed by atoms with Crippen molar-refractivity contribution in [2.45, 2.75) is 46.1 Å². The van der Waals surface area contributed by atoms with Crippen LogP contribution in [0.2, 0.25) is 0 Å². The summed E-state index contributed by atoms with van der Waals surface area (Å²) < 4.78 is 5.19. The Morgan fingerprint density at radius 1 is 1.41 bits per heavy atom. The van der Waals surface area contributed by atoms with Gasteiger partial charge in [0, 0.05) is 19.5 Å². The summed E-state index contributed by atoms with van der Waals surface area (Å²) >= 11 is 0. The Hall–Kier alpha value is -1.17. The van der Waals surface area contributed by atoms with Gasteiger partial charge in [0.25, 0.3) is 0 Å². The van der Waals surface area contributed by atoms with E-state index in [-0.39, 0.29) is 12.2 Å². The number of hydrogen-bond acceptors (Lipinski definition) is 2. The topological polar surface area (TPSA) is 29.5 Å². The molecule has 1 atom stereocenters. The van der Waals surface area contributed by atoms with Gasteiger partial charge in [0.2, 0.25) is 0 Å². The Labute approximate surface area is 105 Å². The minimum absolute atomic E-state index is 0.0411. The second-order valence-electron chi connectivity index (χ2n) is 5.14. The minimum atomic E-state index is -0.178. The van der Waals surface area contributed by atoms with Crippen molar-refractivity contribution in [2.24, 2.45) is 11.8 Å². The SMILES string of the molecule is C#CC[C@@H](C)C1CCN(C(=O)OC(C)C)CC1. The van der Waals surface area contributed by atoms with Gasteiger partial charge in [-0.15, -0.1) is 12.3 Å². The average molecular weight is 237 g/mol. The van der Waals surface area contributed by atoms with Crippen LogP contribution < -0.4 is 0 Å². The average Bonchev–Trinajstić information content (AvgIpc) is 2.28. The second-order valence-corrected chi connectivity index (χ2v) is 5.14. The third-order valence-electron chi connectivity index (χ3n) is 3.38. The molecule has 1 fully saturated rings. The molecule has 96 valence electrons. The van der Waals surface area contributed by atoms with Crippen LogP contribution in [0.3, 0.4) is 0 Å². The lowest BCUT2D eigenvalue weighted by Crippen LogP contribution is -2.40. The molecular weight excluding hydrogens is 214 g/mol. The third kappa shape index (κ3) is 4.30. The van der Waals surface area contributed by atoms with Crippen molar-refractivity contribution in [3.8, 4) is 12.3 Å². The summed E-state index contributed by atoms with van der Waals surface area (Å²) in [5.41, 5.74) is 0. The molecule has 0 unspecified atom stereocenters. The van der Waals surface area contributed by atoms with Crippen molar-refractivity contribution in [3.63, 3.8) is 0 Å². The fraction of sp³-hybridized carbons (Fsp3) is 0.786. The predicted octanol–water partition coefficient (Wildman–Crippen LogP) is 2.90. The highest BCUT2D eigenvalue weighted by Gasteiger charge is 2.26. The highest BCUT2D eigenvalue weighted by atomic mass is 16.6. The number of carbonyl (C=O) groups is 1. The standard InChI is InChI=1S/C14H23NO2/c1-5-6-12(4)13-7-9-15(10-8-13)14(16)17-11(2)3/h1,11-13H,6-10H2,2-4H3/t12-/m1/s1. The van der Waals surface area contributed by atoms with Crippen molar-refractivity contribution < 1.29 is 9.53 Å². The normalized spacial score (nSPS) is 18.9. The number of terminal acetylenes is 1. The molecule has 1 amide bonds. The number of hydrogen-bond donors (Lipinski definition) is 0. The van der Waals surface area contributed by atoms with Gasteiger partial charge in [-0.3, -0.25) is 0 Å². The summed E-state index contributed by atoms with van der Waals surface area (Å²) in [6, 6.07) is 0. The monoisotopic (exact) mass is 237 g/mol. The molecule has 0 aromatic carbocycles. The Balaban J connectivity index is 2.35. The molecule has 3 heteroatoms. The first-order chi connectivity index (χ1) is 8.04. The highest BCUT2D eigenvalue weighted by Crippen LogP contribution is 2.27. The molecule has 0 bridgehead atoms. The highest BCUT2D eigenvalue weighted by molar-refractivity contribution is 5.67. The predicted molar refractivity (Wildman–Crippen MR) is 68.5 cm³/mol. The van der Waals surface area contributed by atoms with E-state index in [0.717, 1.165) is 32.4 Å². The van der Waals surface area contributed by atoms with Gasteiger partial charge in [0.15, 0.2) is 0 Å². The summed E-state index contributed by atoms with van der Waals surface area (Å²) in [7, 11) is 0. The smallest absolute Gasteiger partial charge is 0.410 e. The van der Waals surface area contributed by atoms with Gasteiger partial charge in [-0.25, -0.2) is 4.79 Å². The van der Waals surface area contributed by atoms with Crippen LogP contribution in [0.4, 0.5) is 4.79 Å². The van der Waals surface area contributed by atoms with Crippen molar-refractivity contribution >= 4 is 6.09 Å². The third-order valence-corrected chi connectivity index (χ3v) is 3.38. The van der Waals surface area contributed by atoms with Crippen LogP contribution in [-0.4, -0.2) is 30.2 Å². The quantitative estimate of drug-likeness (QED) is 0.706. The molecule has 1 saturated heterocycles. The van der Waals surface area contributed by atoms with E-state index in [1.165, 1.54) is 0 Å². The molecule has 0 radical (unpaired) electrons. The van der Waals surface area contributed by atoms with E-state index in [9.17, 15) is 4.79 Å². The van der Waals surface area contributed by atoms with Crippen LogP contribution in [0.5, 0.6) is 0 Å². The number of nitrogens with zero attached hydrogens (tertiary/aromatic N) is 1. The molecule has 1 rings (SSSR count). The molecule has 1 aliphatic heterocycles. The molecule has 0 saturated carbocycles. The lowest BCUT2D eigenvalue weighted by Gasteiger charge is -2.34. The van der Waals surface area contributed by atoms with Crippen LogP contribution in [0.15, 0.2) is 0 Å². The van der Waals surface area contributed by atoms with Gasteiger partial charge in [-0.1, -0.05) is 6.92 Å². The maximum Gasteiger partial charge on any atom is 0.410 e. The molecule has 0 N–H and O–H groups in total. The molecule has 1 aliphatic rings. The first kappa shape index (κ1) is 13.9. The van der Waals surface area contributed by atoms with Crippen LogP contribution in [0.25, 0.3) is 0 Å². The Morgan fingerprint density at radius 3 is 2.47 bits per heavy atom. The van der Waals surface area contributed by atoms with Gasteiger partial charge in [-0.2, -0.15) is 0 Å². The Bertz CT molecular complexity index is 285. The van der Waals surface area contributed by atoms with Gasteiger partial charge in [0.1, 0.15) is 0 Å². The number of rotatable bonds is 3. The molecule has 0 aromatic heterocycles. The van der Waals surface area contributed by atoms with Crippen LogP contribution in [-0.2, 0) is 4.74 Å². The lowest BCUT2D eigenvalue weighted by atomic mass is 9.84. The van der Waals surface area contributed by atoms with Crippen LogP contribution in [0, 0.1) is 24.2 Å². The summed E-state index contributed by atoms with van der Waals surface area (Å²) in [5.74, 6) is 3.93. The minimum Gasteiger partial charge on any atom is -0.447 e. The molecule has 17 heavy (non-hydrogen) atoms. The van der Waals surface area contributed by atoms with Crippen molar-refractivity contribution in [1.29, 1.82) is 0 Å². The Kier molecular flexibility index (Phi) is 5.34. The van der Waals surface area contributed by atoms with Gasteiger partial charge in [0.05, 0.1) is 6.10 Å². The van der Waals surface area contributed by atoms with E-state index in [0.29, 0.717) is 11.8 Å². The second kappa shape index (κ2) is 6.54. The number of carbonyl (C=O) groups excluding carboxylic acids is 1. The van der Waals surface area contributed by atoms with Crippen molar-refractivity contribution in [3.05, 3.63) is 0 Å². The zero-order chi connectivity index (χ0) is 12.8. The van der Waals surface area contributed by atoms with Crippen LogP contribution in [0.1, 0.15) is 40.0 Å². The summed E-state index contributed by atoms with van der Waals surface area (Å²) in [6.45, 7) is 7.54. The fourth-order valence-electron chi connectivity index (χ4n) is 2.28. The Morgan fingerprint density at radius 2 is 2.00 bits per heavy atom. The summed E-state index contributed by atoms with van der Waals surface area (Å²) in [5, 5.41) is 0. The maximum absolute atomic E-state index is 11.7. The molecule has 3 nitrogen and oxygen atoms in total. The molecule has 0 spiro atoms. The van der Waals surface area contributed by atoms with E-state index in [4.69, 9.17) is 11.2 Å². The summed E-state index contributed by atoms with van der Waals surface area (Å²) in [6.07, 6.45) is 8.02. The number of likely N-dealkylation sites (tertiary alicyclic amines) is 1. The van der Waals surface area contributed by atoms with E-state index in [1.807, 2.05) is 13.8 Å². The van der Waals surface area contributed by atoms with E-state index >= 15 is 0 Å². The van der Waals surface area contributed by atoms with E-state index < -0.39 is 0 Å². The number of amides is 1. The zero-order valence-corrected chi connectivity index (χ0v) is 11.1. The van der Waals surface area contributed by atoms with E-state index in [1.54, 1.807) is 4.90 Å². The molecular formula is C14H23NO2. The van der Waals surface area contributed by atoms with Gasteiger partial charge in [-0.05, 0) is 38.5 Å². The van der Waals surface area contributed by atoms with Crippen molar-refractivity contribution in [2.75, 3.05) is 13.1 Å². The first-order valence-corrected chi connectivity index (χ1v) is 6.43. The maximum atomic E-state index is 11.7. The lowest BCUT2D eigenvalue weighted by molar-refractivity contribution is 0.0612. The van der Waals surface area contributed by atoms with Crippen molar-refractivity contribution in [1.82, 2.24) is 4.90 Å². The molecule has 1 heterocycles. The van der Waals surface area contributed by atoms with Gasteiger partial charge < -0.3 is 9.64 Å². The van der Waals surface area contributed by atoms with E-state index in [2.05, 4.69) is 12.8 Å². The summed E-state index contributed by atoms with van der Waals surface area (Å²) in [4.78, 5) is 13.5. The van der Waals surface area contributed by atoms with Crippen LogP contribution >= 0.6 is 0 Å². The zero-order valence-electron chi connectivity index (χ0n) is 11.1. The molecule has 0 aliphatic carbocycles. The van der Waals surface area contributed by atoms with Gasteiger partial charge >= 0.3 is 6.09 Å².